The van der Waals surface area contributed by atoms with Crippen molar-refractivity contribution in [3.8, 4) is 0 Å². The zero-order valence-electron chi connectivity index (χ0n) is 15.3. The second-order valence-corrected chi connectivity index (χ2v) is 10.2. The summed E-state index contributed by atoms with van der Waals surface area (Å²) in [6, 6.07) is 1.29. The van der Waals surface area contributed by atoms with Gasteiger partial charge in [-0.2, -0.15) is 0 Å². The van der Waals surface area contributed by atoms with Crippen molar-refractivity contribution in [1.82, 2.24) is 0 Å². The Hall–Kier alpha value is 0.137. The van der Waals surface area contributed by atoms with Crippen LogP contribution in [0.4, 0.5) is 0 Å². The minimum Gasteiger partial charge on any atom is -0.414 e. The molecule has 0 aromatic heterocycles. The van der Waals surface area contributed by atoms with Crippen LogP contribution in [0.2, 0.25) is 11.1 Å². The van der Waals surface area contributed by atoms with Crippen molar-refractivity contribution in [3.05, 3.63) is 0 Å². The van der Waals surface area contributed by atoms with Crippen molar-refractivity contribution in [1.29, 1.82) is 0 Å². The van der Waals surface area contributed by atoms with E-state index < -0.39 is 9.04 Å². The van der Waals surface area contributed by atoms with Gasteiger partial charge in [-0.1, -0.05) is 85.5 Å². The van der Waals surface area contributed by atoms with Crippen LogP contribution in [0, 0.1) is 0 Å². The highest BCUT2D eigenvalue weighted by Crippen LogP contribution is 2.31. The van der Waals surface area contributed by atoms with Crippen LogP contribution in [-0.4, -0.2) is 29.4 Å². The molecule has 0 unspecified atom stereocenters. The van der Waals surface area contributed by atoms with Gasteiger partial charge in [0.05, 0.1) is 13.2 Å². The van der Waals surface area contributed by atoms with Crippen LogP contribution < -0.4 is 0 Å². The first-order chi connectivity index (χ1) is 10.0. The smallest absolute Gasteiger partial charge is 0.217 e. The Kier molecular flexibility index (Phi) is 13.9. The third-order valence-corrected chi connectivity index (χ3v) is 6.94. The van der Waals surface area contributed by atoms with Crippen LogP contribution in [0.1, 0.15) is 85.5 Å². The van der Waals surface area contributed by atoms with Gasteiger partial charge in [0, 0.05) is 7.11 Å². The summed E-state index contributed by atoms with van der Waals surface area (Å²) in [5.41, 5.74) is 0. The minimum atomic E-state index is -0.717. The monoisotopic (exact) mass is 315 g/mol. The van der Waals surface area contributed by atoms with E-state index in [0.717, 1.165) is 13.2 Å². The zero-order chi connectivity index (χ0) is 16.0. The largest absolute Gasteiger partial charge is 0.414 e. The fourth-order valence-corrected chi connectivity index (χ4v) is 4.74. The molecule has 0 bridgehead atoms. The maximum absolute atomic E-state index is 6.10. The van der Waals surface area contributed by atoms with Gasteiger partial charge in [0.25, 0.3) is 0 Å². The molecule has 0 N–H and O–H groups in total. The number of hydrogen-bond donors (Lipinski definition) is 0. The average Bonchev–Trinajstić information content (AvgIpc) is 2.42. The Morgan fingerprint density at radius 1 is 0.762 bits per heavy atom. The summed E-state index contributed by atoms with van der Waals surface area (Å²) < 4.78 is 11.2. The SMILES string of the molecule is CCCCCCCCCCC[Si](OCCOC)C(C)(C)C. The van der Waals surface area contributed by atoms with E-state index in [9.17, 15) is 0 Å². The predicted octanol–water partition coefficient (Wildman–Crippen LogP) is 5.97. The highest BCUT2D eigenvalue weighted by molar-refractivity contribution is 6.55. The molecule has 1 radical (unpaired) electrons. The van der Waals surface area contributed by atoms with E-state index in [1.807, 2.05) is 0 Å². The molecule has 0 aliphatic heterocycles. The van der Waals surface area contributed by atoms with Crippen LogP contribution in [0.25, 0.3) is 0 Å². The molecule has 0 saturated carbocycles. The van der Waals surface area contributed by atoms with Gasteiger partial charge in [-0.05, 0) is 11.1 Å². The molecule has 21 heavy (non-hydrogen) atoms. The van der Waals surface area contributed by atoms with Gasteiger partial charge in [0.15, 0.2) is 0 Å². The summed E-state index contributed by atoms with van der Waals surface area (Å²) in [7, 11) is 1.03. The molecule has 0 aromatic rings. The van der Waals surface area contributed by atoms with E-state index in [-0.39, 0.29) is 0 Å². The molecule has 0 atom stereocenters. The molecule has 0 saturated heterocycles. The summed E-state index contributed by atoms with van der Waals surface area (Å²) in [4.78, 5) is 0. The fraction of sp³-hybridized carbons (Fsp3) is 1.00. The lowest BCUT2D eigenvalue weighted by Crippen LogP contribution is -2.30. The van der Waals surface area contributed by atoms with E-state index in [1.54, 1.807) is 7.11 Å². The summed E-state index contributed by atoms with van der Waals surface area (Å²) in [5, 5.41) is 0.332. The molecule has 0 aliphatic rings. The molecule has 0 rings (SSSR count). The molecule has 3 heteroatoms. The highest BCUT2D eigenvalue weighted by atomic mass is 28.3. The molecular weight excluding hydrogens is 276 g/mol. The van der Waals surface area contributed by atoms with Gasteiger partial charge in [0.2, 0.25) is 9.04 Å². The second-order valence-electron chi connectivity index (χ2n) is 7.09. The third kappa shape index (κ3) is 13.5. The van der Waals surface area contributed by atoms with Crippen molar-refractivity contribution >= 4 is 9.04 Å². The van der Waals surface area contributed by atoms with Crippen LogP contribution in [0.3, 0.4) is 0 Å². The Labute approximate surface area is 135 Å². The van der Waals surface area contributed by atoms with E-state index in [4.69, 9.17) is 9.16 Å². The summed E-state index contributed by atoms with van der Waals surface area (Å²) in [6.07, 6.45) is 12.6. The first-order valence-electron chi connectivity index (χ1n) is 9.00. The molecule has 127 valence electrons. The number of hydrogen-bond acceptors (Lipinski definition) is 2. The third-order valence-electron chi connectivity index (χ3n) is 3.91. The first-order valence-corrected chi connectivity index (χ1v) is 10.6. The van der Waals surface area contributed by atoms with Gasteiger partial charge in [-0.15, -0.1) is 0 Å². The Bertz CT molecular complexity index is 214. The van der Waals surface area contributed by atoms with E-state index in [2.05, 4.69) is 27.7 Å². The standard InChI is InChI=1S/C18H39O2Si/c1-6-7-8-9-10-11-12-13-14-17-21(18(2,3)4)20-16-15-19-5/h6-17H2,1-5H3. The zero-order valence-corrected chi connectivity index (χ0v) is 16.3. The van der Waals surface area contributed by atoms with Crippen molar-refractivity contribution in [2.75, 3.05) is 20.3 Å². The Morgan fingerprint density at radius 2 is 1.29 bits per heavy atom. The lowest BCUT2D eigenvalue weighted by molar-refractivity contribution is 0.142. The highest BCUT2D eigenvalue weighted by Gasteiger charge is 2.28. The van der Waals surface area contributed by atoms with Gasteiger partial charge in [-0.3, -0.25) is 0 Å². The van der Waals surface area contributed by atoms with Crippen LogP contribution in [0.5, 0.6) is 0 Å². The number of rotatable bonds is 14. The Balaban J connectivity index is 3.59. The number of methoxy groups -OCH3 is 1. The maximum Gasteiger partial charge on any atom is 0.217 e. The minimum absolute atomic E-state index is 0.332. The summed E-state index contributed by atoms with van der Waals surface area (Å²) in [5.74, 6) is 0. The second kappa shape index (κ2) is 13.8. The van der Waals surface area contributed by atoms with Gasteiger partial charge < -0.3 is 9.16 Å². The van der Waals surface area contributed by atoms with Crippen LogP contribution >= 0.6 is 0 Å². The normalized spacial score (nSPS) is 12.3. The predicted molar refractivity (Wildman–Crippen MR) is 95.3 cm³/mol. The van der Waals surface area contributed by atoms with Gasteiger partial charge in [-0.25, -0.2) is 0 Å². The van der Waals surface area contributed by atoms with E-state index in [0.29, 0.717) is 5.04 Å². The van der Waals surface area contributed by atoms with E-state index in [1.165, 1.54) is 63.8 Å². The Morgan fingerprint density at radius 3 is 1.76 bits per heavy atom. The molecule has 0 fully saturated rings. The number of unbranched alkanes of at least 4 members (excludes halogenated alkanes) is 8. The van der Waals surface area contributed by atoms with Crippen molar-refractivity contribution in [2.45, 2.75) is 96.6 Å². The molecule has 0 aromatic carbocycles. The van der Waals surface area contributed by atoms with Gasteiger partial charge in [0.1, 0.15) is 0 Å². The van der Waals surface area contributed by atoms with Crippen molar-refractivity contribution in [2.24, 2.45) is 0 Å². The van der Waals surface area contributed by atoms with Crippen LogP contribution in [-0.2, 0) is 9.16 Å². The molecule has 0 heterocycles. The maximum atomic E-state index is 6.10. The average molecular weight is 316 g/mol. The molecule has 0 amide bonds. The summed E-state index contributed by atoms with van der Waals surface area (Å²) >= 11 is 0. The van der Waals surface area contributed by atoms with Crippen LogP contribution in [0.15, 0.2) is 0 Å². The van der Waals surface area contributed by atoms with Crippen molar-refractivity contribution < 1.29 is 9.16 Å². The summed E-state index contributed by atoms with van der Waals surface area (Å²) in [6.45, 7) is 10.7. The fourth-order valence-electron chi connectivity index (χ4n) is 2.51. The molecule has 0 aliphatic carbocycles. The molecule has 0 spiro atoms. The topological polar surface area (TPSA) is 18.5 Å². The first kappa shape index (κ1) is 21.1. The number of ether oxygens (including phenoxy) is 1. The quantitative estimate of drug-likeness (QED) is 0.290. The molecular formula is C18H39O2Si. The lowest BCUT2D eigenvalue weighted by atomic mass is 10.1. The van der Waals surface area contributed by atoms with E-state index >= 15 is 0 Å². The van der Waals surface area contributed by atoms with Crippen molar-refractivity contribution in [3.63, 3.8) is 0 Å². The lowest BCUT2D eigenvalue weighted by Gasteiger charge is -2.28. The molecule has 2 nitrogen and oxygen atoms in total. The van der Waals surface area contributed by atoms with Gasteiger partial charge >= 0.3 is 0 Å².